The summed E-state index contributed by atoms with van der Waals surface area (Å²) in [7, 11) is -9.89. The highest BCUT2D eigenvalue weighted by atomic mass is 31.2. The molecular weight excluding hydrogens is 1190 g/mol. The van der Waals surface area contributed by atoms with Gasteiger partial charge < -0.3 is 33.8 Å². The van der Waals surface area contributed by atoms with E-state index in [9.17, 15) is 43.2 Å². The van der Waals surface area contributed by atoms with E-state index in [2.05, 4.69) is 34.6 Å². The number of aliphatic hydroxyl groups is 1. The van der Waals surface area contributed by atoms with Gasteiger partial charge in [-0.15, -0.1) is 0 Å². The topological polar surface area (TPSA) is 237 Å². The zero-order valence-electron chi connectivity index (χ0n) is 58.3. The van der Waals surface area contributed by atoms with Crippen LogP contribution in [0.15, 0.2) is 0 Å². The Labute approximate surface area is 549 Å². The second kappa shape index (κ2) is 64.4. The van der Waals surface area contributed by atoms with Gasteiger partial charge in [0.15, 0.2) is 12.2 Å². The Morgan fingerprint density at radius 3 is 0.756 bits per heavy atom. The lowest BCUT2D eigenvalue weighted by Gasteiger charge is -2.21. The fraction of sp³-hybridized carbons (Fsp3) is 0.944. The molecule has 0 aliphatic heterocycles. The predicted molar refractivity (Wildman–Crippen MR) is 363 cm³/mol. The van der Waals surface area contributed by atoms with Crippen LogP contribution < -0.4 is 0 Å². The number of hydrogen-bond acceptors (Lipinski definition) is 15. The van der Waals surface area contributed by atoms with Gasteiger partial charge in [0, 0.05) is 25.7 Å². The van der Waals surface area contributed by atoms with Crippen LogP contribution in [0.4, 0.5) is 0 Å². The number of hydrogen-bond donors (Lipinski definition) is 3. The summed E-state index contributed by atoms with van der Waals surface area (Å²) in [5.74, 6) is -1.37. The van der Waals surface area contributed by atoms with Gasteiger partial charge >= 0.3 is 39.5 Å². The Kier molecular flexibility index (Phi) is 63.0. The maximum absolute atomic E-state index is 13.0. The van der Waals surface area contributed by atoms with Crippen molar-refractivity contribution in [1.82, 2.24) is 0 Å². The van der Waals surface area contributed by atoms with Crippen molar-refractivity contribution < 1.29 is 80.2 Å². The van der Waals surface area contributed by atoms with Gasteiger partial charge in [-0.25, -0.2) is 9.13 Å². The number of unbranched alkanes of at least 4 members (excludes halogenated alkanes) is 43. The highest BCUT2D eigenvalue weighted by molar-refractivity contribution is 7.47. The van der Waals surface area contributed by atoms with E-state index in [0.717, 1.165) is 109 Å². The lowest BCUT2D eigenvalue weighted by Crippen LogP contribution is -2.30. The molecule has 0 fully saturated rings. The molecule has 0 radical (unpaired) electrons. The van der Waals surface area contributed by atoms with E-state index in [4.69, 9.17) is 37.0 Å². The second-order valence-corrected chi connectivity index (χ2v) is 29.0. The summed E-state index contributed by atoms with van der Waals surface area (Å²) in [6, 6.07) is 0. The highest BCUT2D eigenvalue weighted by Crippen LogP contribution is 2.45. The van der Waals surface area contributed by atoms with E-state index < -0.39 is 97.5 Å². The number of aliphatic hydroxyl groups excluding tert-OH is 1. The average Bonchev–Trinajstić information content (AvgIpc) is 3.64. The quantitative estimate of drug-likeness (QED) is 0.0222. The molecule has 0 amide bonds. The van der Waals surface area contributed by atoms with Gasteiger partial charge in [0.05, 0.1) is 26.4 Å². The molecule has 0 aliphatic carbocycles. The number of carbonyl (C=O) groups is 4. The molecule has 0 aromatic rings. The number of esters is 4. The Morgan fingerprint density at radius 1 is 0.300 bits per heavy atom. The summed E-state index contributed by atoms with van der Waals surface area (Å²) in [5.41, 5.74) is 0. The molecule has 0 aromatic heterocycles. The standard InChI is InChI=1S/C71H138O17P2/c1-6-9-12-15-18-20-21-22-23-24-25-26-27-28-29-30-31-37-42-47-52-57-71(76)88-67(61-82-69(74)55-50-45-40-36-33-32-35-39-43-48-53-64(4)5)63-86-90(79,80)84-59-65(72)58-83-89(77,78)85-62-66(60-81-68(73)54-49-44-38-17-14-11-8-3)87-70(75)56-51-46-41-34-19-16-13-10-7-2/h64-67,72H,6-63H2,1-5H3,(H,77,78)(H,79,80)/t65-,66+,67+/m0/s1. The number of rotatable bonds is 71. The molecule has 0 bridgehead atoms. The highest BCUT2D eigenvalue weighted by Gasteiger charge is 2.30. The molecule has 0 aliphatic rings. The average molecular weight is 1330 g/mol. The number of carbonyl (C=O) groups excluding carboxylic acids is 4. The van der Waals surface area contributed by atoms with Crippen LogP contribution in [0.5, 0.6) is 0 Å². The largest absolute Gasteiger partial charge is 0.472 e. The molecule has 3 N–H and O–H groups in total. The van der Waals surface area contributed by atoms with Gasteiger partial charge in [-0.1, -0.05) is 317 Å². The molecular formula is C71H138O17P2. The fourth-order valence-electron chi connectivity index (χ4n) is 10.8. The van der Waals surface area contributed by atoms with Crippen molar-refractivity contribution in [2.75, 3.05) is 39.6 Å². The third kappa shape index (κ3) is 64.8. The summed E-state index contributed by atoms with van der Waals surface area (Å²) in [6.45, 7) is 7.18. The van der Waals surface area contributed by atoms with Crippen LogP contribution in [0.3, 0.4) is 0 Å². The van der Waals surface area contributed by atoms with Gasteiger partial charge in [0.2, 0.25) is 0 Å². The van der Waals surface area contributed by atoms with E-state index >= 15 is 0 Å². The van der Waals surface area contributed by atoms with Gasteiger partial charge in [-0.3, -0.25) is 37.3 Å². The van der Waals surface area contributed by atoms with E-state index in [1.807, 2.05) is 0 Å². The maximum atomic E-state index is 13.0. The molecule has 19 heteroatoms. The summed E-state index contributed by atoms with van der Waals surface area (Å²) >= 11 is 0. The zero-order valence-corrected chi connectivity index (χ0v) is 60.1. The van der Waals surface area contributed by atoms with Crippen molar-refractivity contribution in [3.8, 4) is 0 Å². The second-order valence-electron chi connectivity index (χ2n) is 26.1. The minimum absolute atomic E-state index is 0.106. The van der Waals surface area contributed by atoms with Gasteiger partial charge in [-0.05, 0) is 31.6 Å². The first-order valence-corrected chi connectivity index (χ1v) is 40.1. The van der Waals surface area contributed by atoms with E-state index in [1.165, 1.54) is 180 Å². The SMILES string of the molecule is CCCCCCCCCCCCCCCCCCCCCCCC(=O)O[C@H](COC(=O)CCCCCCCCCCCCC(C)C)COP(=O)(O)OC[C@@H](O)COP(=O)(O)OC[C@@H](COC(=O)CCCCCCCCC)OC(=O)CCCCCCCCCCC. The molecule has 5 atom stereocenters. The predicted octanol–water partition coefficient (Wildman–Crippen LogP) is 20.5. The molecule has 2 unspecified atom stereocenters. The first-order valence-electron chi connectivity index (χ1n) is 37.1. The smallest absolute Gasteiger partial charge is 0.462 e. The Morgan fingerprint density at radius 2 is 0.511 bits per heavy atom. The minimum Gasteiger partial charge on any atom is -0.462 e. The molecule has 534 valence electrons. The first kappa shape index (κ1) is 88.1. The van der Waals surface area contributed by atoms with E-state index in [0.29, 0.717) is 25.7 Å². The monoisotopic (exact) mass is 1320 g/mol. The van der Waals surface area contributed by atoms with E-state index in [1.54, 1.807) is 0 Å². The molecule has 90 heavy (non-hydrogen) atoms. The lowest BCUT2D eigenvalue weighted by molar-refractivity contribution is -0.161. The minimum atomic E-state index is -4.95. The molecule has 17 nitrogen and oxygen atoms in total. The van der Waals surface area contributed by atoms with Crippen LogP contribution in [0, 0.1) is 5.92 Å². The van der Waals surface area contributed by atoms with Crippen molar-refractivity contribution in [2.24, 2.45) is 5.92 Å². The van der Waals surface area contributed by atoms with Crippen LogP contribution >= 0.6 is 15.6 Å². The fourth-order valence-corrected chi connectivity index (χ4v) is 12.4. The normalized spacial score (nSPS) is 14.1. The number of phosphoric acid groups is 2. The van der Waals surface area contributed by atoms with Crippen molar-refractivity contribution in [2.45, 2.75) is 387 Å². The Bertz CT molecular complexity index is 1740. The van der Waals surface area contributed by atoms with Gasteiger partial charge in [0.25, 0.3) is 0 Å². The van der Waals surface area contributed by atoms with Crippen LogP contribution in [0.2, 0.25) is 0 Å². The lowest BCUT2D eigenvalue weighted by atomic mass is 10.0. The van der Waals surface area contributed by atoms with Crippen LogP contribution in [0.25, 0.3) is 0 Å². The molecule has 0 saturated carbocycles. The third-order valence-electron chi connectivity index (χ3n) is 16.5. The molecule has 0 rings (SSSR count). The summed E-state index contributed by atoms with van der Waals surface area (Å²) in [6.07, 6.45) is 51.7. The summed E-state index contributed by atoms with van der Waals surface area (Å²) in [5, 5.41) is 10.6. The van der Waals surface area contributed by atoms with Crippen LogP contribution in [-0.4, -0.2) is 96.7 Å². The Balaban J connectivity index is 5.13. The number of ether oxygens (including phenoxy) is 4. The molecule has 0 heterocycles. The van der Waals surface area contributed by atoms with Crippen molar-refractivity contribution >= 4 is 39.5 Å². The Hall–Kier alpha value is -1.94. The van der Waals surface area contributed by atoms with Crippen molar-refractivity contribution in [1.29, 1.82) is 0 Å². The van der Waals surface area contributed by atoms with Crippen molar-refractivity contribution in [3.63, 3.8) is 0 Å². The van der Waals surface area contributed by atoms with E-state index in [-0.39, 0.29) is 25.7 Å². The molecule has 0 spiro atoms. The summed E-state index contributed by atoms with van der Waals surface area (Å²) in [4.78, 5) is 72.3. The number of phosphoric ester groups is 2. The first-order chi connectivity index (χ1) is 43.5. The maximum Gasteiger partial charge on any atom is 0.472 e. The van der Waals surface area contributed by atoms with Crippen LogP contribution in [0.1, 0.15) is 369 Å². The van der Waals surface area contributed by atoms with Gasteiger partial charge in [0.1, 0.15) is 19.3 Å². The zero-order chi connectivity index (χ0) is 66.3. The van der Waals surface area contributed by atoms with Crippen LogP contribution in [-0.2, 0) is 65.4 Å². The summed E-state index contributed by atoms with van der Waals surface area (Å²) < 4.78 is 68.1. The van der Waals surface area contributed by atoms with Crippen molar-refractivity contribution in [3.05, 3.63) is 0 Å². The molecule has 0 aromatic carbocycles. The molecule has 0 saturated heterocycles. The third-order valence-corrected chi connectivity index (χ3v) is 18.4. The van der Waals surface area contributed by atoms with Gasteiger partial charge in [-0.2, -0.15) is 0 Å².